The molecule has 1 saturated carbocycles. The Morgan fingerprint density at radius 1 is 1.40 bits per heavy atom. The lowest BCUT2D eigenvalue weighted by molar-refractivity contribution is -0.162. The Labute approximate surface area is 120 Å². The second-order valence-electron chi connectivity index (χ2n) is 6.16. The number of carbonyl (C=O) groups is 2. The van der Waals surface area contributed by atoms with Gasteiger partial charge < -0.3 is 9.84 Å². The SMILES string of the molecule is CCOC(=O)CN1CC2CCCC(CC)(C1)C2C(=O)O. The van der Waals surface area contributed by atoms with Gasteiger partial charge in [-0.25, -0.2) is 0 Å². The molecule has 0 spiro atoms. The predicted octanol–water partition coefficient (Wildman–Crippen LogP) is 1.76. The number of piperidine rings is 1. The van der Waals surface area contributed by atoms with E-state index in [1.165, 1.54) is 0 Å². The number of fused-ring (bicyclic) bond motifs is 2. The van der Waals surface area contributed by atoms with E-state index in [-0.39, 0.29) is 23.2 Å². The molecule has 2 bridgehead atoms. The first-order valence-corrected chi connectivity index (χ1v) is 7.63. The van der Waals surface area contributed by atoms with Crippen molar-refractivity contribution in [1.29, 1.82) is 0 Å². The Morgan fingerprint density at radius 2 is 2.15 bits per heavy atom. The molecule has 1 aliphatic carbocycles. The van der Waals surface area contributed by atoms with Gasteiger partial charge in [-0.1, -0.05) is 13.3 Å². The maximum Gasteiger partial charge on any atom is 0.320 e. The van der Waals surface area contributed by atoms with Crippen LogP contribution in [0.15, 0.2) is 0 Å². The van der Waals surface area contributed by atoms with Crippen molar-refractivity contribution < 1.29 is 19.4 Å². The molecule has 0 radical (unpaired) electrons. The van der Waals surface area contributed by atoms with Crippen LogP contribution in [-0.2, 0) is 14.3 Å². The highest BCUT2D eigenvalue weighted by Crippen LogP contribution is 2.50. The highest BCUT2D eigenvalue weighted by Gasteiger charge is 2.52. The molecule has 1 saturated heterocycles. The quantitative estimate of drug-likeness (QED) is 0.779. The summed E-state index contributed by atoms with van der Waals surface area (Å²) < 4.78 is 5.01. The van der Waals surface area contributed by atoms with E-state index < -0.39 is 5.97 Å². The summed E-state index contributed by atoms with van der Waals surface area (Å²) in [5.41, 5.74) is -0.167. The summed E-state index contributed by atoms with van der Waals surface area (Å²) in [7, 11) is 0. The second-order valence-corrected chi connectivity index (χ2v) is 6.16. The van der Waals surface area contributed by atoms with Gasteiger partial charge in [0, 0.05) is 13.1 Å². The molecule has 0 amide bonds. The van der Waals surface area contributed by atoms with Crippen molar-refractivity contribution in [3.05, 3.63) is 0 Å². The number of carboxylic acids is 1. The summed E-state index contributed by atoms with van der Waals surface area (Å²) in [6, 6.07) is 0. The fraction of sp³-hybridized carbons (Fsp3) is 0.867. The molecule has 1 aliphatic heterocycles. The van der Waals surface area contributed by atoms with E-state index in [0.29, 0.717) is 26.2 Å². The van der Waals surface area contributed by atoms with Gasteiger partial charge in [-0.3, -0.25) is 14.5 Å². The van der Waals surface area contributed by atoms with Crippen molar-refractivity contribution in [2.24, 2.45) is 17.3 Å². The van der Waals surface area contributed by atoms with E-state index in [1.807, 2.05) is 0 Å². The smallest absolute Gasteiger partial charge is 0.320 e. The van der Waals surface area contributed by atoms with Gasteiger partial charge >= 0.3 is 11.9 Å². The molecule has 1 heterocycles. The number of esters is 1. The largest absolute Gasteiger partial charge is 0.481 e. The molecular weight excluding hydrogens is 258 g/mol. The van der Waals surface area contributed by atoms with E-state index >= 15 is 0 Å². The zero-order chi connectivity index (χ0) is 14.8. The van der Waals surface area contributed by atoms with Crippen LogP contribution in [0.5, 0.6) is 0 Å². The summed E-state index contributed by atoms with van der Waals surface area (Å²) in [6.07, 6.45) is 3.88. The van der Waals surface area contributed by atoms with Gasteiger partial charge in [-0.15, -0.1) is 0 Å². The number of aliphatic carboxylic acids is 1. The number of hydrogen-bond acceptors (Lipinski definition) is 4. The van der Waals surface area contributed by atoms with Crippen molar-refractivity contribution in [1.82, 2.24) is 4.90 Å². The van der Waals surface area contributed by atoms with Crippen molar-refractivity contribution in [2.45, 2.75) is 39.5 Å². The lowest BCUT2D eigenvalue weighted by Gasteiger charge is -2.53. The van der Waals surface area contributed by atoms with Gasteiger partial charge in [0.1, 0.15) is 0 Å². The summed E-state index contributed by atoms with van der Waals surface area (Å²) >= 11 is 0. The Morgan fingerprint density at radius 3 is 2.75 bits per heavy atom. The number of likely N-dealkylation sites (tertiary alicyclic amines) is 1. The molecule has 5 nitrogen and oxygen atoms in total. The monoisotopic (exact) mass is 283 g/mol. The van der Waals surface area contributed by atoms with Crippen LogP contribution in [0.2, 0.25) is 0 Å². The third-order valence-corrected chi connectivity index (χ3v) is 5.04. The second kappa shape index (κ2) is 6.12. The van der Waals surface area contributed by atoms with Crippen LogP contribution >= 0.6 is 0 Å². The maximum absolute atomic E-state index is 11.7. The fourth-order valence-corrected chi connectivity index (χ4v) is 4.24. The first-order valence-electron chi connectivity index (χ1n) is 7.63. The average molecular weight is 283 g/mol. The fourth-order valence-electron chi connectivity index (χ4n) is 4.24. The average Bonchev–Trinajstić information content (AvgIpc) is 2.37. The molecule has 20 heavy (non-hydrogen) atoms. The van der Waals surface area contributed by atoms with Crippen LogP contribution in [0.1, 0.15) is 39.5 Å². The van der Waals surface area contributed by atoms with Gasteiger partial charge in [0.05, 0.1) is 19.1 Å². The standard InChI is InChI=1S/C15H25NO4/c1-3-15-7-5-6-11(13(15)14(18)19)8-16(10-15)9-12(17)20-4-2/h11,13H,3-10H2,1-2H3,(H,18,19). The molecule has 0 aromatic rings. The van der Waals surface area contributed by atoms with Gasteiger partial charge in [-0.2, -0.15) is 0 Å². The van der Waals surface area contributed by atoms with Crippen LogP contribution < -0.4 is 0 Å². The Hall–Kier alpha value is -1.10. The van der Waals surface area contributed by atoms with E-state index in [1.54, 1.807) is 6.92 Å². The van der Waals surface area contributed by atoms with E-state index in [4.69, 9.17) is 4.74 Å². The molecule has 5 heteroatoms. The zero-order valence-corrected chi connectivity index (χ0v) is 12.4. The number of carboxylic acid groups (broad SMARTS) is 1. The number of carbonyl (C=O) groups excluding carboxylic acids is 1. The van der Waals surface area contributed by atoms with Crippen molar-refractivity contribution >= 4 is 11.9 Å². The Kier molecular flexibility index (Phi) is 4.68. The van der Waals surface area contributed by atoms with Gasteiger partial charge in [-0.05, 0) is 37.5 Å². The summed E-state index contributed by atoms with van der Waals surface area (Å²) in [5, 5.41) is 9.58. The number of nitrogens with zero attached hydrogens (tertiary/aromatic N) is 1. The normalized spacial score (nSPS) is 33.7. The van der Waals surface area contributed by atoms with Crippen molar-refractivity contribution in [2.75, 3.05) is 26.2 Å². The van der Waals surface area contributed by atoms with Gasteiger partial charge in [0.15, 0.2) is 0 Å². The highest BCUT2D eigenvalue weighted by molar-refractivity contribution is 5.73. The van der Waals surface area contributed by atoms with Crippen molar-refractivity contribution in [3.63, 3.8) is 0 Å². The van der Waals surface area contributed by atoms with Crippen LogP contribution in [0.25, 0.3) is 0 Å². The lowest BCUT2D eigenvalue weighted by Crippen LogP contribution is -2.58. The molecule has 3 atom stereocenters. The van der Waals surface area contributed by atoms with Crippen LogP contribution in [-0.4, -0.2) is 48.2 Å². The van der Waals surface area contributed by atoms with E-state index in [9.17, 15) is 14.7 Å². The minimum atomic E-state index is -0.660. The molecule has 2 fully saturated rings. The molecule has 0 aromatic heterocycles. The molecule has 3 unspecified atom stereocenters. The van der Waals surface area contributed by atoms with Crippen LogP contribution in [0, 0.1) is 17.3 Å². The third-order valence-electron chi connectivity index (χ3n) is 5.04. The van der Waals surface area contributed by atoms with Crippen LogP contribution in [0.3, 0.4) is 0 Å². The summed E-state index contributed by atoms with van der Waals surface area (Å²) in [6.45, 7) is 5.97. The van der Waals surface area contributed by atoms with E-state index in [2.05, 4.69) is 11.8 Å². The number of ether oxygens (including phenoxy) is 1. The highest BCUT2D eigenvalue weighted by atomic mass is 16.5. The molecule has 0 aromatic carbocycles. The Balaban J connectivity index is 2.12. The van der Waals surface area contributed by atoms with E-state index in [0.717, 1.165) is 25.7 Å². The van der Waals surface area contributed by atoms with Crippen LogP contribution in [0.4, 0.5) is 0 Å². The number of hydrogen-bond donors (Lipinski definition) is 1. The molecule has 114 valence electrons. The first kappa shape index (κ1) is 15.3. The third kappa shape index (κ3) is 2.82. The summed E-state index contributed by atoms with van der Waals surface area (Å²) in [4.78, 5) is 25.4. The minimum Gasteiger partial charge on any atom is -0.481 e. The Bertz CT molecular complexity index is 384. The molecule has 2 rings (SSSR count). The van der Waals surface area contributed by atoms with Gasteiger partial charge in [0.25, 0.3) is 0 Å². The number of rotatable bonds is 5. The molecular formula is C15H25NO4. The van der Waals surface area contributed by atoms with Crippen molar-refractivity contribution in [3.8, 4) is 0 Å². The molecule has 1 N–H and O–H groups in total. The lowest BCUT2D eigenvalue weighted by atomic mass is 9.58. The van der Waals surface area contributed by atoms with Gasteiger partial charge in [0.2, 0.25) is 0 Å². The minimum absolute atomic E-state index is 0.167. The first-order chi connectivity index (χ1) is 9.52. The predicted molar refractivity (Wildman–Crippen MR) is 74.3 cm³/mol. The zero-order valence-electron chi connectivity index (χ0n) is 12.4. The summed E-state index contributed by atoms with van der Waals surface area (Å²) in [5.74, 6) is -0.943. The maximum atomic E-state index is 11.7. The topological polar surface area (TPSA) is 66.8 Å². The molecule has 2 aliphatic rings.